The van der Waals surface area contributed by atoms with Crippen LogP contribution in [0.3, 0.4) is 0 Å². The Balaban J connectivity index is 0.000000347. The molecule has 9 heteroatoms. The average molecular weight is 739 g/mol. The van der Waals surface area contributed by atoms with Crippen LogP contribution in [0.25, 0.3) is 24.3 Å². The van der Waals surface area contributed by atoms with Crippen molar-refractivity contribution in [2.24, 2.45) is 0 Å². The van der Waals surface area contributed by atoms with Gasteiger partial charge in [0.05, 0.1) is 6.61 Å². The molecular formula is C43H61N3NaO4S+. The smallest absolute Gasteiger partial charge is 0.726 e. The van der Waals surface area contributed by atoms with Gasteiger partial charge in [0.2, 0.25) is 21.8 Å². The van der Waals surface area contributed by atoms with Crippen molar-refractivity contribution in [3.05, 3.63) is 89.2 Å². The van der Waals surface area contributed by atoms with E-state index in [0.29, 0.717) is 6.42 Å². The molecule has 0 saturated carbocycles. The summed E-state index contributed by atoms with van der Waals surface area (Å²) in [6, 6.07) is 24.5. The van der Waals surface area contributed by atoms with Gasteiger partial charge < -0.3 is 14.4 Å². The fourth-order valence-corrected chi connectivity index (χ4v) is 7.21. The third-order valence-corrected chi connectivity index (χ3v) is 10.3. The van der Waals surface area contributed by atoms with Gasteiger partial charge in [-0.3, -0.25) is 4.18 Å². The second kappa shape index (κ2) is 24.8. The molecule has 0 atom stereocenters. The third kappa shape index (κ3) is 16.3. The maximum absolute atomic E-state index is 10.1. The van der Waals surface area contributed by atoms with E-state index < -0.39 is 10.4 Å². The zero-order valence-corrected chi connectivity index (χ0v) is 35.0. The molecule has 2 fully saturated rings. The molecule has 0 bridgehead atoms. The van der Waals surface area contributed by atoms with Gasteiger partial charge in [0, 0.05) is 61.8 Å². The minimum absolute atomic E-state index is 0. The van der Waals surface area contributed by atoms with E-state index in [1.54, 1.807) is 0 Å². The second-order valence-electron chi connectivity index (χ2n) is 13.8. The van der Waals surface area contributed by atoms with Crippen LogP contribution < -0.4 is 43.9 Å². The molecule has 0 N–H and O–H groups in total. The first kappa shape index (κ1) is 43.9. The van der Waals surface area contributed by atoms with Crippen molar-refractivity contribution in [3.63, 3.8) is 0 Å². The van der Waals surface area contributed by atoms with Crippen molar-refractivity contribution in [2.75, 3.05) is 42.6 Å². The van der Waals surface area contributed by atoms with E-state index in [0.717, 1.165) is 19.4 Å². The Labute approximate surface area is 337 Å². The van der Waals surface area contributed by atoms with E-state index in [9.17, 15) is 13.0 Å². The van der Waals surface area contributed by atoms with Crippen molar-refractivity contribution in [1.82, 2.24) is 0 Å². The first-order valence-electron chi connectivity index (χ1n) is 19.6. The summed E-state index contributed by atoms with van der Waals surface area (Å²) in [5.74, 6) is 0. The van der Waals surface area contributed by atoms with E-state index in [2.05, 4.69) is 123 Å². The summed E-state index contributed by atoms with van der Waals surface area (Å²) in [4.78, 5) is 4.96. The summed E-state index contributed by atoms with van der Waals surface area (Å²) in [6.07, 6.45) is 25.9. The zero-order chi connectivity index (χ0) is 36.2. The van der Waals surface area contributed by atoms with Gasteiger partial charge in [-0.05, 0) is 92.6 Å². The van der Waals surface area contributed by atoms with Gasteiger partial charge in [0.1, 0.15) is 6.54 Å². The Bertz CT molecular complexity index is 1490. The van der Waals surface area contributed by atoms with Crippen LogP contribution in [0.2, 0.25) is 0 Å². The predicted molar refractivity (Wildman–Crippen MR) is 213 cm³/mol. The molecule has 3 heterocycles. The predicted octanol–water partition coefficient (Wildman–Crippen LogP) is 6.92. The molecule has 52 heavy (non-hydrogen) atoms. The largest absolute Gasteiger partial charge is 1.00 e. The van der Waals surface area contributed by atoms with E-state index in [-0.39, 0.29) is 36.2 Å². The van der Waals surface area contributed by atoms with Gasteiger partial charge in [0.25, 0.3) is 0 Å². The molecular weight excluding hydrogens is 678 g/mol. The topological polar surface area (TPSA) is 76.8 Å². The monoisotopic (exact) mass is 738 g/mol. The summed E-state index contributed by atoms with van der Waals surface area (Å²) in [6.45, 7) is 10.1. The maximum atomic E-state index is 10.1. The standard InChI is InChI=1S/C31H36N3.C12H26O4S.Na/c1-2-34-30(20-14-26-10-16-28(17-11-26)32-22-3-4-23-32)8-7-9-31(34)21-15-27-12-18-29(19-13-27)33-24-5-6-25-33;1-2-3-4-5-6-7-8-9-10-11-12-16-17(13,14)15;/h7-21H,2-6,22-25H2,1H3;2-12H2,1H3,(H,13,14,15);/q+1;;+1/p-1. The summed E-state index contributed by atoms with van der Waals surface area (Å²) >= 11 is 0. The van der Waals surface area contributed by atoms with Crippen LogP contribution in [0.4, 0.5) is 11.4 Å². The van der Waals surface area contributed by atoms with E-state index in [1.807, 2.05) is 0 Å². The number of aromatic nitrogens is 1. The van der Waals surface area contributed by atoms with Crippen LogP contribution >= 0.6 is 0 Å². The molecule has 2 saturated heterocycles. The minimum atomic E-state index is -4.48. The molecule has 278 valence electrons. The van der Waals surface area contributed by atoms with Crippen molar-refractivity contribution >= 4 is 46.1 Å². The number of rotatable bonds is 19. The number of hydrogen-bond acceptors (Lipinski definition) is 6. The molecule has 0 amide bonds. The summed E-state index contributed by atoms with van der Waals surface area (Å²) in [7, 11) is -4.48. The molecule has 3 aromatic rings. The van der Waals surface area contributed by atoms with E-state index >= 15 is 0 Å². The number of benzene rings is 2. The van der Waals surface area contributed by atoms with Crippen molar-refractivity contribution < 1.29 is 51.3 Å². The Morgan fingerprint density at radius 3 is 1.40 bits per heavy atom. The molecule has 0 radical (unpaired) electrons. The Morgan fingerprint density at radius 1 is 0.615 bits per heavy atom. The van der Waals surface area contributed by atoms with Crippen LogP contribution in [0.5, 0.6) is 0 Å². The SMILES string of the molecule is CCCCCCCCCCCCOS(=O)(=O)[O-].CC[n+]1c(/C=C/c2ccc(N3CCCC3)cc2)cccc1/C=C/c1ccc(N2CCCC2)cc1.[Na+]. The van der Waals surface area contributed by atoms with E-state index in [4.69, 9.17) is 0 Å². The molecule has 0 unspecified atom stereocenters. The summed E-state index contributed by atoms with van der Waals surface area (Å²) < 4.78 is 36.8. The quantitative estimate of drug-likeness (QED) is 0.0437. The second-order valence-corrected chi connectivity index (χ2v) is 14.8. The minimum Gasteiger partial charge on any atom is -0.726 e. The van der Waals surface area contributed by atoms with Crippen LogP contribution in [-0.2, 0) is 21.1 Å². The molecule has 2 aliphatic heterocycles. The molecule has 2 aliphatic rings. The van der Waals surface area contributed by atoms with Crippen molar-refractivity contribution in [1.29, 1.82) is 0 Å². The number of nitrogens with zero attached hydrogens (tertiary/aromatic N) is 3. The number of anilines is 2. The van der Waals surface area contributed by atoms with Gasteiger partial charge in [-0.1, -0.05) is 89.0 Å². The Hall–Kier alpha value is -2.46. The van der Waals surface area contributed by atoms with Gasteiger partial charge in [-0.25, -0.2) is 8.42 Å². The van der Waals surface area contributed by atoms with Crippen molar-refractivity contribution in [3.8, 4) is 0 Å². The first-order valence-corrected chi connectivity index (χ1v) is 20.9. The number of hydrogen-bond donors (Lipinski definition) is 0. The molecule has 2 aromatic carbocycles. The molecule has 7 nitrogen and oxygen atoms in total. The van der Waals surface area contributed by atoms with E-state index in [1.165, 1.54) is 131 Å². The van der Waals surface area contributed by atoms with Crippen LogP contribution in [0, 0.1) is 0 Å². The van der Waals surface area contributed by atoms with Gasteiger partial charge >= 0.3 is 29.6 Å². The fourth-order valence-electron chi connectivity index (χ4n) is 6.89. The van der Waals surface area contributed by atoms with Crippen LogP contribution in [-0.4, -0.2) is 45.8 Å². The summed E-state index contributed by atoms with van der Waals surface area (Å²) in [5, 5.41) is 0. The Kier molecular flexibility index (Phi) is 20.9. The summed E-state index contributed by atoms with van der Waals surface area (Å²) in [5.41, 5.74) is 7.61. The zero-order valence-electron chi connectivity index (χ0n) is 32.2. The van der Waals surface area contributed by atoms with Crippen molar-refractivity contribution in [2.45, 2.75) is 110 Å². The molecule has 5 rings (SSSR count). The van der Waals surface area contributed by atoms with Crippen LogP contribution in [0.15, 0.2) is 66.7 Å². The molecule has 0 aliphatic carbocycles. The average Bonchev–Trinajstić information content (AvgIpc) is 3.89. The molecule has 1 aromatic heterocycles. The fraction of sp³-hybridized carbons (Fsp3) is 0.512. The van der Waals surface area contributed by atoms with Gasteiger partial charge in [0.15, 0.2) is 0 Å². The van der Waals surface area contributed by atoms with Crippen LogP contribution in [0.1, 0.15) is 126 Å². The van der Waals surface area contributed by atoms with Gasteiger partial charge in [-0.15, -0.1) is 0 Å². The number of unbranched alkanes of at least 4 members (excludes halogenated alkanes) is 9. The molecule has 0 spiro atoms. The van der Waals surface area contributed by atoms with Gasteiger partial charge in [-0.2, -0.15) is 4.57 Å². The maximum Gasteiger partial charge on any atom is 1.00 e. The number of pyridine rings is 1. The first-order chi connectivity index (χ1) is 24.9. The normalized spacial score (nSPS) is 14.6. The Morgan fingerprint density at radius 2 is 1.02 bits per heavy atom. The third-order valence-electron chi connectivity index (χ3n) is 9.82.